The lowest BCUT2D eigenvalue weighted by atomic mass is 10.2. The summed E-state index contributed by atoms with van der Waals surface area (Å²) >= 11 is 11.7. The molecule has 1 amide bonds. The van der Waals surface area contributed by atoms with Crippen LogP contribution in [0.5, 0.6) is 0 Å². The first kappa shape index (κ1) is 17.0. The van der Waals surface area contributed by atoms with Gasteiger partial charge in [0.1, 0.15) is 12.9 Å². The van der Waals surface area contributed by atoms with E-state index in [1.165, 1.54) is 24.2 Å². The molecule has 1 aromatic carbocycles. The molecular formula is C14H12Cl2N4O3. The van der Waals surface area contributed by atoms with E-state index in [4.69, 9.17) is 23.2 Å². The van der Waals surface area contributed by atoms with Gasteiger partial charge in [-0.1, -0.05) is 29.3 Å². The van der Waals surface area contributed by atoms with Gasteiger partial charge in [-0.15, -0.1) is 5.10 Å². The Bertz CT molecular complexity index is 758. The summed E-state index contributed by atoms with van der Waals surface area (Å²) in [6.45, 7) is -0.0848. The monoisotopic (exact) mass is 354 g/mol. The minimum absolute atomic E-state index is 0.0812. The van der Waals surface area contributed by atoms with Crippen LogP contribution in [0.15, 0.2) is 30.6 Å². The Kier molecular flexibility index (Phi) is 5.72. The van der Waals surface area contributed by atoms with E-state index in [-0.39, 0.29) is 12.5 Å². The van der Waals surface area contributed by atoms with Gasteiger partial charge in [0.2, 0.25) is 5.95 Å². The highest BCUT2D eigenvalue weighted by Gasteiger charge is 2.07. The molecule has 1 N–H and O–H groups in total. The molecular weight excluding hydrogens is 343 g/mol. The second-order valence-electron chi connectivity index (χ2n) is 4.34. The van der Waals surface area contributed by atoms with E-state index in [1.807, 2.05) is 0 Å². The number of nitrogens with one attached hydrogen (secondary N) is 1. The Morgan fingerprint density at radius 2 is 2.13 bits per heavy atom. The first-order valence-electron chi connectivity index (χ1n) is 6.38. The number of nitrogens with zero attached hydrogens (tertiary/aromatic N) is 3. The summed E-state index contributed by atoms with van der Waals surface area (Å²) in [6, 6.07) is 5.00. The minimum atomic E-state index is -0.465. The van der Waals surface area contributed by atoms with E-state index >= 15 is 0 Å². The number of rotatable bonds is 5. The van der Waals surface area contributed by atoms with Gasteiger partial charge in [-0.05, 0) is 23.8 Å². The molecule has 1 aromatic heterocycles. The van der Waals surface area contributed by atoms with Crippen LogP contribution in [0.2, 0.25) is 10.0 Å². The van der Waals surface area contributed by atoms with Crippen LogP contribution < -0.4 is 5.32 Å². The fourth-order valence-electron chi connectivity index (χ4n) is 1.56. The summed E-state index contributed by atoms with van der Waals surface area (Å²) in [5, 5.41) is 7.23. The molecule has 23 heavy (non-hydrogen) atoms. The molecule has 0 bridgehead atoms. The van der Waals surface area contributed by atoms with Crippen molar-refractivity contribution in [2.45, 2.75) is 6.54 Å². The van der Waals surface area contributed by atoms with Crippen LogP contribution in [0.1, 0.15) is 5.56 Å². The van der Waals surface area contributed by atoms with Crippen LogP contribution in [0.25, 0.3) is 6.08 Å². The summed E-state index contributed by atoms with van der Waals surface area (Å²) in [4.78, 5) is 26.7. The predicted octanol–water partition coefficient (Wildman–Crippen LogP) is 2.41. The molecule has 0 aliphatic heterocycles. The molecule has 0 radical (unpaired) electrons. The third kappa shape index (κ3) is 5.08. The molecule has 0 aliphatic carbocycles. The van der Waals surface area contributed by atoms with E-state index in [0.717, 1.165) is 5.56 Å². The van der Waals surface area contributed by atoms with Crippen LogP contribution in [-0.2, 0) is 20.9 Å². The number of halogens is 2. The standard InChI is InChI=1S/C14H12Cl2N4O3/c1-23-13(22)7-20-8-17-14(19-20)18-12(21)5-3-9-2-4-10(15)11(16)6-9/h2-6,8H,7H2,1H3,(H,18,19,21)/b5-3+. The molecule has 0 unspecified atom stereocenters. The Morgan fingerprint density at radius 3 is 2.83 bits per heavy atom. The lowest BCUT2D eigenvalue weighted by Crippen LogP contribution is -2.13. The summed E-state index contributed by atoms with van der Waals surface area (Å²) < 4.78 is 5.76. The van der Waals surface area contributed by atoms with Crippen molar-refractivity contribution < 1.29 is 14.3 Å². The van der Waals surface area contributed by atoms with Gasteiger partial charge in [0.25, 0.3) is 5.91 Å². The number of esters is 1. The molecule has 2 aromatic rings. The van der Waals surface area contributed by atoms with Crippen molar-refractivity contribution in [3.8, 4) is 0 Å². The molecule has 0 spiro atoms. The van der Waals surface area contributed by atoms with Gasteiger partial charge >= 0.3 is 5.97 Å². The van der Waals surface area contributed by atoms with Crippen molar-refractivity contribution in [1.82, 2.24) is 14.8 Å². The summed E-state index contributed by atoms with van der Waals surface area (Å²) in [7, 11) is 1.27. The van der Waals surface area contributed by atoms with E-state index in [9.17, 15) is 9.59 Å². The number of ether oxygens (including phenoxy) is 1. The van der Waals surface area contributed by atoms with E-state index < -0.39 is 11.9 Å². The molecule has 0 saturated heterocycles. The highest BCUT2D eigenvalue weighted by atomic mass is 35.5. The zero-order valence-corrected chi connectivity index (χ0v) is 13.5. The topological polar surface area (TPSA) is 86.1 Å². The molecule has 0 aliphatic rings. The number of hydrogen-bond donors (Lipinski definition) is 1. The van der Waals surface area contributed by atoms with Crippen molar-refractivity contribution in [3.63, 3.8) is 0 Å². The molecule has 120 valence electrons. The lowest BCUT2D eigenvalue weighted by molar-refractivity contribution is -0.141. The van der Waals surface area contributed by atoms with Gasteiger partial charge in [-0.3, -0.25) is 14.9 Å². The number of hydrogen-bond acceptors (Lipinski definition) is 5. The predicted molar refractivity (Wildman–Crippen MR) is 86.2 cm³/mol. The Morgan fingerprint density at radius 1 is 1.35 bits per heavy atom. The average molecular weight is 355 g/mol. The number of carbonyl (C=O) groups excluding carboxylic acids is 2. The number of aromatic nitrogens is 3. The quantitative estimate of drug-likeness (QED) is 0.658. The van der Waals surface area contributed by atoms with Gasteiger partial charge in [-0.2, -0.15) is 0 Å². The zero-order chi connectivity index (χ0) is 16.8. The number of benzene rings is 1. The Balaban J connectivity index is 1.95. The van der Waals surface area contributed by atoms with Gasteiger partial charge in [0.15, 0.2) is 0 Å². The van der Waals surface area contributed by atoms with Gasteiger partial charge in [0.05, 0.1) is 17.2 Å². The minimum Gasteiger partial charge on any atom is -0.468 e. The van der Waals surface area contributed by atoms with Gasteiger partial charge in [0, 0.05) is 6.08 Å². The third-order valence-electron chi connectivity index (χ3n) is 2.66. The van der Waals surface area contributed by atoms with E-state index in [0.29, 0.717) is 10.0 Å². The summed E-state index contributed by atoms with van der Waals surface area (Å²) in [6.07, 6.45) is 4.19. The number of amides is 1. The molecule has 0 atom stereocenters. The molecule has 2 rings (SSSR count). The average Bonchev–Trinajstić information content (AvgIpc) is 2.95. The van der Waals surface area contributed by atoms with Crippen LogP contribution >= 0.6 is 23.2 Å². The number of methoxy groups -OCH3 is 1. The first-order valence-corrected chi connectivity index (χ1v) is 7.14. The lowest BCUT2D eigenvalue weighted by Gasteiger charge is -1.99. The second kappa shape index (κ2) is 7.75. The molecule has 1 heterocycles. The number of carbonyl (C=O) groups is 2. The SMILES string of the molecule is COC(=O)Cn1cnc(NC(=O)/C=C/c2ccc(Cl)c(Cl)c2)n1. The van der Waals surface area contributed by atoms with Crippen molar-refractivity contribution >= 4 is 47.1 Å². The van der Waals surface area contributed by atoms with Crippen molar-refractivity contribution in [2.24, 2.45) is 0 Å². The first-order chi connectivity index (χ1) is 11.0. The smallest absolute Gasteiger partial charge is 0.327 e. The maximum Gasteiger partial charge on any atom is 0.327 e. The van der Waals surface area contributed by atoms with Crippen LogP contribution in [0.3, 0.4) is 0 Å². The van der Waals surface area contributed by atoms with E-state index in [1.54, 1.807) is 24.3 Å². The molecule has 7 nitrogen and oxygen atoms in total. The Labute approximate surface area is 141 Å². The normalized spacial score (nSPS) is 10.7. The molecule has 0 fully saturated rings. The highest BCUT2D eigenvalue weighted by Crippen LogP contribution is 2.23. The van der Waals surface area contributed by atoms with Crippen LogP contribution in [-0.4, -0.2) is 33.8 Å². The number of anilines is 1. The molecule has 9 heteroatoms. The largest absolute Gasteiger partial charge is 0.468 e. The van der Waals surface area contributed by atoms with Gasteiger partial charge in [-0.25, -0.2) is 9.67 Å². The molecule has 0 saturated carbocycles. The van der Waals surface area contributed by atoms with Gasteiger partial charge < -0.3 is 4.74 Å². The fourth-order valence-corrected chi connectivity index (χ4v) is 1.87. The van der Waals surface area contributed by atoms with Crippen molar-refractivity contribution in [3.05, 3.63) is 46.2 Å². The fraction of sp³-hybridized carbons (Fsp3) is 0.143. The van der Waals surface area contributed by atoms with Crippen molar-refractivity contribution in [2.75, 3.05) is 12.4 Å². The second-order valence-corrected chi connectivity index (χ2v) is 5.15. The maximum absolute atomic E-state index is 11.8. The Hall–Kier alpha value is -2.38. The zero-order valence-electron chi connectivity index (χ0n) is 12.0. The summed E-state index contributed by atoms with van der Waals surface area (Å²) in [5.41, 5.74) is 0.721. The maximum atomic E-state index is 11.8. The van der Waals surface area contributed by atoms with Crippen LogP contribution in [0.4, 0.5) is 5.95 Å². The third-order valence-corrected chi connectivity index (χ3v) is 3.40. The van der Waals surface area contributed by atoms with Crippen LogP contribution in [0, 0.1) is 0 Å². The summed E-state index contributed by atoms with van der Waals surface area (Å²) in [5.74, 6) is -0.808. The van der Waals surface area contributed by atoms with E-state index in [2.05, 4.69) is 20.1 Å². The van der Waals surface area contributed by atoms with Crippen molar-refractivity contribution in [1.29, 1.82) is 0 Å². The highest BCUT2D eigenvalue weighted by molar-refractivity contribution is 6.42.